The molecule has 2 aromatic rings. The Hall–Kier alpha value is -2.62. The van der Waals surface area contributed by atoms with Gasteiger partial charge in [0.2, 0.25) is 10.0 Å². The summed E-state index contributed by atoms with van der Waals surface area (Å²) >= 11 is 6.05. The van der Waals surface area contributed by atoms with E-state index < -0.39 is 28.5 Å². The van der Waals surface area contributed by atoms with Gasteiger partial charge in [0, 0.05) is 25.2 Å². The lowest BCUT2D eigenvalue weighted by molar-refractivity contribution is -0.124. The van der Waals surface area contributed by atoms with Crippen molar-refractivity contribution in [3.63, 3.8) is 0 Å². The maximum absolute atomic E-state index is 12.7. The molecule has 10 heteroatoms. The summed E-state index contributed by atoms with van der Waals surface area (Å²) in [6.07, 6.45) is 0. The summed E-state index contributed by atoms with van der Waals surface area (Å²) in [5.41, 5.74) is 0.634. The number of rotatable bonds is 10. The molecule has 0 atom stereocenters. The van der Waals surface area contributed by atoms with Gasteiger partial charge in [-0.15, -0.1) is 0 Å². The molecule has 0 aliphatic rings. The minimum atomic E-state index is -3.78. The topological polar surface area (TPSA) is 102 Å². The summed E-state index contributed by atoms with van der Waals surface area (Å²) < 4.78 is 36.8. The number of nitrogens with zero attached hydrogens (tertiary/aromatic N) is 1. The summed E-state index contributed by atoms with van der Waals surface area (Å²) in [7, 11) is -2.25. The predicted molar refractivity (Wildman–Crippen MR) is 117 cm³/mol. The van der Waals surface area contributed by atoms with E-state index in [1.165, 1.54) is 23.5 Å². The van der Waals surface area contributed by atoms with E-state index in [1.807, 2.05) is 12.1 Å². The Balaban J connectivity index is 2.04. The highest BCUT2D eigenvalue weighted by Crippen LogP contribution is 2.24. The Morgan fingerprint density at radius 1 is 1.10 bits per heavy atom. The van der Waals surface area contributed by atoms with Crippen LogP contribution in [-0.4, -0.2) is 51.4 Å². The molecule has 0 aromatic heterocycles. The van der Waals surface area contributed by atoms with Gasteiger partial charge in [-0.05, 0) is 24.3 Å². The molecule has 2 aromatic carbocycles. The minimum Gasteiger partial charge on any atom is -0.496 e. The Morgan fingerprint density at radius 2 is 1.77 bits per heavy atom. The lowest BCUT2D eigenvalue weighted by Crippen LogP contribution is -2.31. The van der Waals surface area contributed by atoms with Crippen LogP contribution in [0.1, 0.15) is 29.8 Å². The summed E-state index contributed by atoms with van der Waals surface area (Å²) in [4.78, 5) is 24.4. The van der Waals surface area contributed by atoms with E-state index >= 15 is 0 Å². The van der Waals surface area contributed by atoms with Crippen molar-refractivity contribution in [2.24, 2.45) is 0 Å². The van der Waals surface area contributed by atoms with Gasteiger partial charge in [0.1, 0.15) is 5.75 Å². The van der Waals surface area contributed by atoms with E-state index in [9.17, 15) is 18.0 Å². The van der Waals surface area contributed by atoms with Crippen molar-refractivity contribution < 1.29 is 27.5 Å². The van der Waals surface area contributed by atoms with Gasteiger partial charge in [-0.3, -0.25) is 4.79 Å². The lowest BCUT2D eigenvalue weighted by Gasteiger charge is -2.19. The Kier molecular flexibility index (Phi) is 8.85. The van der Waals surface area contributed by atoms with Gasteiger partial charge in [0.05, 0.1) is 22.6 Å². The Labute approximate surface area is 187 Å². The molecule has 0 unspecified atom stereocenters. The van der Waals surface area contributed by atoms with E-state index in [-0.39, 0.29) is 35.1 Å². The number of hydrogen-bond acceptors (Lipinski definition) is 6. The molecule has 0 saturated heterocycles. The lowest BCUT2D eigenvalue weighted by atomic mass is 10.2. The average molecular weight is 469 g/mol. The molecule has 31 heavy (non-hydrogen) atoms. The molecule has 168 valence electrons. The van der Waals surface area contributed by atoms with Crippen LogP contribution in [0.25, 0.3) is 0 Å². The maximum atomic E-state index is 12.7. The molecule has 0 aliphatic heterocycles. The zero-order valence-electron chi connectivity index (χ0n) is 17.6. The summed E-state index contributed by atoms with van der Waals surface area (Å²) in [5.74, 6) is -0.797. The fraction of sp³-hybridized carbons (Fsp3) is 0.333. The fourth-order valence-electron chi connectivity index (χ4n) is 2.84. The molecule has 0 heterocycles. The van der Waals surface area contributed by atoms with Crippen molar-refractivity contribution >= 4 is 33.5 Å². The minimum absolute atomic E-state index is 0.0259. The van der Waals surface area contributed by atoms with E-state index in [2.05, 4.69) is 5.32 Å². The number of sulfonamides is 1. The first-order valence-corrected chi connectivity index (χ1v) is 11.4. The van der Waals surface area contributed by atoms with Crippen LogP contribution >= 0.6 is 11.6 Å². The molecule has 8 nitrogen and oxygen atoms in total. The van der Waals surface area contributed by atoms with E-state index in [0.717, 1.165) is 11.6 Å². The van der Waals surface area contributed by atoms with E-state index in [1.54, 1.807) is 26.0 Å². The molecule has 0 radical (unpaired) electrons. The van der Waals surface area contributed by atoms with Crippen LogP contribution in [0.3, 0.4) is 0 Å². The van der Waals surface area contributed by atoms with Gasteiger partial charge >= 0.3 is 5.97 Å². The zero-order chi connectivity index (χ0) is 23.0. The second kappa shape index (κ2) is 11.1. The molecular formula is C21H25ClN2O6S. The molecular weight excluding hydrogens is 444 g/mol. The van der Waals surface area contributed by atoms with Crippen LogP contribution in [-0.2, 0) is 26.1 Å². The number of ether oxygens (including phenoxy) is 2. The van der Waals surface area contributed by atoms with Crippen LogP contribution in [0.15, 0.2) is 47.4 Å². The van der Waals surface area contributed by atoms with Gasteiger partial charge in [0.15, 0.2) is 6.61 Å². The highest BCUT2D eigenvalue weighted by Gasteiger charge is 2.24. The largest absolute Gasteiger partial charge is 0.496 e. The Bertz CT molecular complexity index is 1040. The summed E-state index contributed by atoms with van der Waals surface area (Å²) in [6.45, 7) is 3.66. The second-order valence-electron chi connectivity index (χ2n) is 6.40. The smallest absolute Gasteiger partial charge is 0.340 e. The maximum Gasteiger partial charge on any atom is 0.340 e. The average Bonchev–Trinajstić information content (AvgIpc) is 2.77. The number of hydrogen-bond donors (Lipinski definition) is 1. The Morgan fingerprint density at radius 3 is 2.42 bits per heavy atom. The van der Waals surface area contributed by atoms with Crippen LogP contribution < -0.4 is 10.1 Å². The van der Waals surface area contributed by atoms with Gasteiger partial charge < -0.3 is 14.8 Å². The number of benzene rings is 2. The third-order valence-corrected chi connectivity index (χ3v) is 6.88. The van der Waals surface area contributed by atoms with Crippen LogP contribution in [0.4, 0.5) is 0 Å². The third-order valence-electron chi connectivity index (χ3n) is 4.50. The zero-order valence-corrected chi connectivity index (χ0v) is 19.1. The molecule has 0 bridgehead atoms. The standard InChI is InChI=1S/C21H25ClN2O6S/c1-4-24(5-2)31(27,28)16-10-11-18(22)17(12-16)21(26)30-14-20(25)23-13-15-8-6-7-9-19(15)29-3/h6-12H,4-5,13-14H2,1-3H3,(H,23,25). The number of amides is 1. The molecule has 0 fully saturated rings. The van der Waals surface area contributed by atoms with E-state index in [4.69, 9.17) is 21.1 Å². The quantitative estimate of drug-likeness (QED) is 0.538. The first-order valence-electron chi connectivity index (χ1n) is 9.60. The van der Waals surface area contributed by atoms with Gasteiger partial charge in [-0.1, -0.05) is 43.6 Å². The number of nitrogens with one attached hydrogen (secondary N) is 1. The summed E-state index contributed by atoms with van der Waals surface area (Å²) in [5, 5.41) is 2.66. The van der Waals surface area contributed by atoms with Crippen LogP contribution in [0, 0.1) is 0 Å². The summed E-state index contributed by atoms with van der Waals surface area (Å²) in [6, 6.07) is 11.0. The predicted octanol–water partition coefficient (Wildman–Crippen LogP) is 2.85. The monoisotopic (exact) mass is 468 g/mol. The number of carbonyl (C=O) groups is 2. The van der Waals surface area contributed by atoms with Gasteiger partial charge in [-0.2, -0.15) is 4.31 Å². The molecule has 0 aliphatic carbocycles. The highest BCUT2D eigenvalue weighted by molar-refractivity contribution is 7.89. The number of para-hydroxylation sites is 1. The van der Waals surface area contributed by atoms with Crippen molar-refractivity contribution in [1.82, 2.24) is 9.62 Å². The van der Waals surface area contributed by atoms with Crippen molar-refractivity contribution in [3.8, 4) is 5.75 Å². The van der Waals surface area contributed by atoms with Gasteiger partial charge in [0.25, 0.3) is 5.91 Å². The number of halogens is 1. The highest BCUT2D eigenvalue weighted by atomic mass is 35.5. The molecule has 1 amide bonds. The van der Waals surface area contributed by atoms with Crippen LogP contribution in [0.2, 0.25) is 5.02 Å². The van der Waals surface area contributed by atoms with Crippen molar-refractivity contribution in [2.75, 3.05) is 26.8 Å². The van der Waals surface area contributed by atoms with E-state index in [0.29, 0.717) is 5.75 Å². The molecule has 0 saturated carbocycles. The number of esters is 1. The van der Waals surface area contributed by atoms with Crippen molar-refractivity contribution in [2.45, 2.75) is 25.3 Å². The third kappa shape index (κ3) is 6.19. The first kappa shape index (κ1) is 24.6. The first-order chi connectivity index (χ1) is 14.7. The SMILES string of the molecule is CCN(CC)S(=O)(=O)c1ccc(Cl)c(C(=O)OCC(=O)NCc2ccccc2OC)c1. The molecule has 2 rings (SSSR count). The molecule has 1 N–H and O–H groups in total. The second-order valence-corrected chi connectivity index (χ2v) is 8.74. The molecule has 0 spiro atoms. The van der Waals surface area contributed by atoms with Crippen LogP contribution in [0.5, 0.6) is 5.75 Å². The van der Waals surface area contributed by atoms with Crippen molar-refractivity contribution in [1.29, 1.82) is 0 Å². The van der Waals surface area contributed by atoms with Gasteiger partial charge in [-0.25, -0.2) is 13.2 Å². The fourth-order valence-corrected chi connectivity index (χ4v) is 4.52. The van der Waals surface area contributed by atoms with Crippen molar-refractivity contribution in [3.05, 3.63) is 58.6 Å². The number of carbonyl (C=O) groups excluding carboxylic acids is 2. The normalized spacial score (nSPS) is 11.3. The number of methoxy groups -OCH3 is 1.